The zero-order chi connectivity index (χ0) is 31.7. The minimum Gasteiger partial charge on any atom is -0.387 e. The summed E-state index contributed by atoms with van der Waals surface area (Å²) in [4.78, 5) is 44.3. The summed E-state index contributed by atoms with van der Waals surface area (Å²) in [5, 5.41) is 11.0. The van der Waals surface area contributed by atoms with Gasteiger partial charge in [0, 0.05) is 62.4 Å². The highest BCUT2D eigenvalue weighted by atomic mass is 32.1. The molecule has 1 aromatic carbocycles. The Labute approximate surface area is 249 Å². The topological polar surface area (TPSA) is 81.2 Å². The Morgan fingerprint density at radius 2 is 1.53 bits per heavy atom. The molecule has 2 saturated heterocycles. The van der Waals surface area contributed by atoms with Gasteiger partial charge in [-0.1, -0.05) is 0 Å². The Kier molecular flexibility index (Phi) is 9.79. The smallest absolute Gasteiger partial charge is 0.387 e. The number of rotatable bonds is 6. The lowest BCUT2D eigenvalue weighted by Crippen LogP contribution is -2.50. The summed E-state index contributed by atoms with van der Waals surface area (Å²) in [6.45, 7) is 2.06. The number of hydrogen-bond donors (Lipinski definition) is 1. The van der Waals surface area contributed by atoms with Crippen LogP contribution in [0.3, 0.4) is 0 Å². The summed E-state index contributed by atoms with van der Waals surface area (Å²) in [7, 11) is 1.35. The number of aliphatic hydroxyl groups excluding tert-OH is 1. The van der Waals surface area contributed by atoms with Crippen LogP contribution in [0, 0.1) is 18.8 Å². The Morgan fingerprint density at radius 3 is 2.05 bits per heavy atom. The lowest BCUT2D eigenvalue weighted by molar-refractivity contribution is -0.145. The van der Waals surface area contributed by atoms with Gasteiger partial charge >= 0.3 is 12.4 Å². The predicted octanol–water partition coefficient (Wildman–Crippen LogP) is 4.92. The molecule has 2 aliphatic heterocycles. The normalized spacial score (nSPS) is 20.3. The number of alkyl halides is 6. The van der Waals surface area contributed by atoms with Gasteiger partial charge < -0.3 is 19.8 Å². The number of nitrogens with zero attached hydrogens (tertiary/aromatic N) is 3. The summed E-state index contributed by atoms with van der Waals surface area (Å²) in [5.41, 5.74) is -2.25. The number of aliphatic hydroxyl groups is 1. The van der Waals surface area contributed by atoms with Crippen LogP contribution in [0.2, 0.25) is 0 Å². The first kappa shape index (κ1) is 32.8. The fraction of sp³-hybridized carbons (Fsp3) is 0.552. The molecule has 14 heteroatoms. The fourth-order valence-corrected chi connectivity index (χ4v) is 7.04. The molecule has 1 aromatic heterocycles. The number of halogens is 6. The van der Waals surface area contributed by atoms with Crippen molar-refractivity contribution in [2.75, 3.05) is 39.8 Å². The molecule has 2 atom stereocenters. The SMILES string of the molecule is Cc1ccsc1[C@H]1CN(C(=O)C2CCN(C(=O)CO)CC2)CC[C@@H]1C(=O)N(C)Cc1cc(C(F)(F)F)cc(C(F)(F)F)c1. The van der Waals surface area contributed by atoms with Crippen molar-refractivity contribution >= 4 is 29.1 Å². The van der Waals surface area contributed by atoms with Crippen molar-refractivity contribution in [1.82, 2.24) is 14.7 Å². The molecular weight excluding hydrogens is 600 g/mol. The average molecular weight is 634 g/mol. The highest BCUT2D eigenvalue weighted by Gasteiger charge is 2.42. The number of thiophene rings is 1. The van der Waals surface area contributed by atoms with Crippen LogP contribution in [0.1, 0.15) is 52.3 Å². The van der Waals surface area contributed by atoms with Crippen molar-refractivity contribution in [2.24, 2.45) is 11.8 Å². The monoisotopic (exact) mass is 633 g/mol. The second-order valence-electron chi connectivity index (χ2n) is 11.2. The van der Waals surface area contributed by atoms with Crippen molar-refractivity contribution in [3.05, 3.63) is 56.8 Å². The number of hydrogen-bond acceptors (Lipinski definition) is 5. The van der Waals surface area contributed by atoms with E-state index >= 15 is 0 Å². The van der Waals surface area contributed by atoms with E-state index in [-0.39, 0.29) is 48.9 Å². The van der Waals surface area contributed by atoms with Crippen LogP contribution < -0.4 is 0 Å². The summed E-state index contributed by atoms with van der Waals surface area (Å²) < 4.78 is 80.2. The van der Waals surface area contributed by atoms with Crippen LogP contribution >= 0.6 is 11.3 Å². The Bertz CT molecular complexity index is 1300. The van der Waals surface area contributed by atoms with Crippen LogP contribution in [0.25, 0.3) is 0 Å². The number of piperidine rings is 2. The lowest BCUT2D eigenvalue weighted by Gasteiger charge is -2.41. The second kappa shape index (κ2) is 12.8. The van der Waals surface area contributed by atoms with Gasteiger partial charge in [0.1, 0.15) is 6.61 Å². The summed E-state index contributed by atoms with van der Waals surface area (Å²) >= 11 is 1.43. The number of aryl methyl sites for hydroxylation is 1. The van der Waals surface area contributed by atoms with E-state index in [1.165, 1.54) is 23.3 Å². The van der Waals surface area contributed by atoms with Gasteiger partial charge in [0.15, 0.2) is 0 Å². The van der Waals surface area contributed by atoms with E-state index in [4.69, 9.17) is 5.11 Å². The molecule has 0 unspecified atom stereocenters. The molecule has 0 spiro atoms. The maximum Gasteiger partial charge on any atom is 0.416 e. The molecule has 43 heavy (non-hydrogen) atoms. The molecule has 0 radical (unpaired) electrons. The largest absolute Gasteiger partial charge is 0.416 e. The molecule has 0 aliphatic carbocycles. The van der Waals surface area contributed by atoms with E-state index in [1.807, 2.05) is 18.4 Å². The van der Waals surface area contributed by atoms with Gasteiger partial charge in [-0.25, -0.2) is 0 Å². The Morgan fingerprint density at radius 1 is 0.953 bits per heavy atom. The third-order valence-corrected chi connectivity index (χ3v) is 9.41. The molecule has 1 N–H and O–H groups in total. The van der Waals surface area contributed by atoms with E-state index in [0.717, 1.165) is 15.3 Å². The van der Waals surface area contributed by atoms with Gasteiger partial charge in [0.25, 0.3) is 0 Å². The van der Waals surface area contributed by atoms with Crippen LogP contribution in [0.4, 0.5) is 26.3 Å². The quantitative estimate of drug-likeness (QED) is 0.459. The Balaban J connectivity index is 1.52. The van der Waals surface area contributed by atoms with Gasteiger partial charge in [-0.3, -0.25) is 14.4 Å². The van der Waals surface area contributed by atoms with Gasteiger partial charge in [-0.2, -0.15) is 26.3 Å². The van der Waals surface area contributed by atoms with Gasteiger partial charge in [0.2, 0.25) is 17.7 Å². The van der Waals surface area contributed by atoms with E-state index in [9.17, 15) is 40.7 Å². The number of carbonyl (C=O) groups excluding carboxylic acids is 3. The van der Waals surface area contributed by atoms with Crippen molar-refractivity contribution in [3.63, 3.8) is 0 Å². The zero-order valence-electron chi connectivity index (χ0n) is 23.7. The van der Waals surface area contributed by atoms with Crippen molar-refractivity contribution in [3.8, 4) is 0 Å². The first-order valence-corrected chi connectivity index (χ1v) is 14.7. The molecule has 236 valence electrons. The standard InChI is InChI=1S/C29H33F6N3O4S/c1-17-6-10-43-25(17)23-15-38(26(41)19-3-7-37(8-4-19)24(40)16-39)9-5-22(23)27(42)36(2)14-18-11-20(28(30,31)32)13-21(12-18)29(33,34)35/h6,10-13,19,22-23,39H,3-5,7-9,14-16H2,1-2H3/t22-,23-/m0/s1. The minimum absolute atomic E-state index is 0.0575. The molecule has 3 heterocycles. The maximum absolute atomic E-state index is 13.7. The molecule has 2 fully saturated rings. The molecule has 2 aliphatic rings. The number of benzene rings is 1. The summed E-state index contributed by atoms with van der Waals surface area (Å²) in [6, 6.07) is 3.20. The van der Waals surface area contributed by atoms with E-state index in [1.54, 1.807) is 4.90 Å². The second-order valence-corrected chi connectivity index (χ2v) is 12.1. The molecular formula is C29H33F6N3O4S. The molecule has 0 saturated carbocycles. The predicted molar refractivity (Wildman–Crippen MR) is 146 cm³/mol. The van der Waals surface area contributed by atoms with Crippen molar-refractivity contribution in [2.45, 2.75) is 51.0 Å². The highest BCUT2D eigenvalue weighted by molar-refractivity contribution is 7.10. The van der Waals surface area contributed by atoms with E-state index < -0.39 is 54.4 Å². The number of carbonyl (C=O) groups is 3. The summed E-state index contributed by atoms with van der Waals surface area (Å²) in [6.07, 6.45) is -8.82. The Hall–Kier alpha value is -3.13. The minimum atomic E-state index is -5.00. The lowest BCUT2D eigenvalue weighted by atomic mass is 9.81. The van der Waals surface area contributed by atoms with Gasteiger partial charge in [0.05, 0.1) is 11.1 Å². The zero-order valence-corrected chi connectivity index (χ0v) is 24.5. The molecule has 3 amide bonds. The van der Waals surface area contributed by atoms with E-state index in [0.29, 0.717) is 38.1 Å². The number of likely N-dealkylation sites (tertiary alicyclic amines) is 2. The highest BCUT2D eigenvalue weighted by Crippen LogP contribution is 2.40. The van der Waals surface area contributed by atoms with Crippen LogP contribution in [0.5, 0.6) is 0 Å². The van der Waals surface area contributed by atoms with Crippen molar-refractivity contribution in [1.29, 1.82) is 0 Å². The molecule has 7 nitrogen and oxygen atoms in total. The number of amides is 3. The first-order valence-electron chi connectivity index (χ1n) is 13.8. The van der Waals surface area contributed by atoms with Crippen molar-refractivity contribution < 1.29 is 45.8 Å². The summed E-state index contributed by atoms with van der Waals surface area (Å²) in [5.74, 6) is -2.25. The van der Waals surface area contributed by atoms with Gasteiger partial charge in [-0.05, 0) is 67.0 Å². The van der Waals surface area contributed by atoms with Crippen LogP contribution in [0.15, 0.2) is 29.6 Å². The van der Waals surface area contributed by atoms with Crippen LogP contribution in [-0.4, -0.2) is 77.4 Å². The maximum atomic E-state index is 13.7. The molecule has 4 rings (SSSR count). The van der Waals surface area contributed by atoms with E-state index in [2.05, 4.69) is 0 Å². The average Bonchev–Trinajstić information content (AvgIpc) is 3.40. The fourth-order valence-electron chi connectivity index (χ4n) is 5.96. The third kappa shape index (κ3) is 7.51. The molecule has 2 aromatic rings. The third-order valence-electron chi connectivity index (χ3n) is 8.26. The van der Waals surface area contributed by atoms with Crippen LogP contribution in [-0.2, 0) is 33.3 Å². The molecule has 0 bridgehead atoms. The van der Waals surface area contributed by atoms with Gasteiger partial charge in [-0.15, -0.1) is 11.3 Å². The first-order chi connectivity index (χ1) is 20.1.